The largest absolute Gasteiger partial charge is 0.302 e. The lowest BCUT2D eigenvalue weighted by molar-refractivity contribution is -0.122. The third-order valence-corrected chi connectivity index (χ3v) is 4.36. The zero-order chi connectivity index (χ0) is 13.2. The van der Waals surface area contributed by atoms with Gasteiger partial charge in [0.2, 0.25) is 5.91 Å². The first-order valence-electron chi connectivity index (χ1n) is 6.25. The lowest BCUT2D eigenvalue weighted by Crippen LogP contribution is -2.27. The predicted molar refractivity (Wildman–Crippen MR) is 78.5 cm³/mol. The van der Waals surface area contributed by atoms with E-state index >= 15 is 0 Å². The van der Waals surface area contributed by atoms with Crippen molar-refractivity contribution in [2.75, 3.05) is 5.32 Å². The monoisotopic (exact) mass is 292 g/mol. The van der Waals surface area contributed by atoms with Gasteiger partial charge in [-0.1, -0.05) is 30.2 Å². The Labute approximate surface area is 120 Å². The molecule has 3 nitrogen and oxygen atoms in total. The summed E-state index contributed by atoms with van der Waals surface area (Å²) >= 11 is 7.31. The maximum absolute atomic E-state index is 11.8. The number of carbonyl (C=O) groups is 1. The van der Waals surface area contributed by atoms with E-state index in [0.29, 0.717) is 10.2 Å². The maximum Gasteiger partial charge on any atom is 0.229 e. The Balaban J connectivity index is 1.72. The zero-order valence-corrected chi connectivity index (χ0v) is 11.8. The Morgan fingerprint density at radius 2 is 2.05 bits per heavy atom. The molecule has 1 N–H and O–H groups in total. The van der Waals surface area contributed by atoms with Gasteiger partial charge in [0.15, 0.2) is 5.13 Å². The molecule has 1 saturated carbocycles. The van der Waals surface area contributed by atoms with E-state index in [9.17, 15) is 4.79 Å². The van der Waals surface area contributed by atoms with Crippen molar-refractivity contribution < 1.29 is 4.79 Å². The molecular formula is C14H13ClN2OS. The summed E-state index contributed by atoms with van der Waals surface area (Å²) in [6, 6.07) is 7.52. The maximum atomic E-state index is 11.8. The summed E-state index contributed by atoms with van der Waals surface area (Å²) in [6.07, 6.45) is 3.16. The molecule has 98 valence electrons. The van der Waals surface area contributed by atoms with Crippen LogP contribution in [0, 0.1) is 5.92 Å². The Kier molecular flexibility index (Phi) is 3.53. The van der Waals surface area contributed by atoms with Gasteiger partial charge in [-0.15, -0.1) is 11.3 Å². The molecule has 1 aliphatic rings. The SMILES string of the molecule is O=C(Nc1nc(-c2ccc(Cl)cc2)cs1)C1CCC1. The van der Waals surface area contributed by atoms with Crippen molar-refractivity contribution in [1.29, 1.82) is 0 Å². The van der Waals surface area contributed by atoms with Gasteiger partial charge in [0, 0.05) is 21.9 Å². The van der Waals surface area contributed by atoms with Crippen molar-refractivity contribution in [3.63, 3.8) is 0 Å². The number of amides is 1. The summed E-state index contributed by atoms with van der Waals surface area (Å²) in [5.74, 6) is 0.283. The van der Waals surface area contributed by atoms with Crippen LogP contribution in [0.5, 0.6) is 0 Å². The molecule has 0 bridgehead atoms. The average molecular weight is 293 g/mol. The average Bonchev–Trinajstić information content (AvgIpc) is 2.76. The molecule has 2 aromatic rings. The first kappa shape index (κ1) is 12.6. The third-order valence-electron chi connectivity index (χ3n) is 3.35. The lowest BCUT2D eigenvalue weighted by atomic mass is 9.85. The van der Waals surface area contributed by atoms with Crippen molar-refractivity contribution in [1.82, 2.24) is 4.98 Å². The molecule has 1 fully saturated rings. The minimum absolute atomic E-state index is 0.100. The van der Waals surface area contributed by atoms with Crippen LogP contribution in [0.1, 0.15) is 19.3 Å². The first-order chi connectivity index (χ1) is 9.22. The summed E-state index contributed by atoms with van der Waals surface area (Å²) in [7, 11) is 0. The zero-order valence-electron chi connectivity index (χ0n) is 10.2. The number of thiazole rings is 1. The molecule has 0 saturated heterocycles. The number of hydrogen-bond acceptors (Lipinski definition) is 3. The van der Waals surface area contributed by atoms with Crippen LogP contribution in [0.15, 0.2) is 29.6 Å². The summed E-state index contributed by atoms with van der Waals surface area (Å²) in [5, 5.41) is 6.21. The van der Waals surface area contributed by atoms with Crippen LogP contribution < -0.4 is 5.32 Å². The third kappa shape index (κ3) is 2.80. The van der Waals surface area contributed by atoms with Crippen LogP contribution >= 0.6 is 22.9 Å². The van der Waals surface area contributed by atoms with Crippen molar-refractivity contribution in [3.05, 3.63) is 34.7 Å². The van der Waals surface area contributed by atoms with Gasteiger partial charge in [-0.2, -0.15) is 0 Å². The molecule has 3 rings (SSSR count). The minimum Gasteiger partial charge on any atom is -0.302 e. The van der Waals surface area contributed by atoms with Crippen LogP contribution in [0.2, 0.25) is 5.02 Å². The summed E-state index contributed by atoms with van der Waals surface area (Å²) < 4.78 is 0. The fraction of sp³-hybridized carbons (Fsp3) is 0.286. The van der Waals surface area contributed by atoms with E-state index in [0.717, 1.165) is 30.5 Å². The highest BCUT2D eigenvalue weighted by Gasteiger charge is 2.25. The highest BCUT2D eigenvalue weighted by atomic mass is 35.5. The van der Waals surface area contributed by atoms with Gasteiger partial charge in [-0.3, -0.25) is 4.79 Å². The molecule has 1 aromatic heterocycles. The second kappa shape index (κ2) is 5.31. The van der Waals surface area contributed by atoms with E-state index in [2.05, 4.69) is 10.3 Å². The fourth-order valence-electron chi connectivity index (χ4n) is 1.96. The second-order valence-corrected chi connectivity index (χ2v) is 5.96. The lowest BCUT2D eigenvalue weighted by Gasteiger charge is -2.23. The topological polar surface area (TPSA) is 42.0 Å². The van der Waals surface area contributed by atoms with Crippen molar-refractivity contribution in [3.8, 4) is 11.3 Å². The quantitative estimate of drug-likeness (QED) is 0.921. The van der Waals surface area contributed by atoms with Crippen LogP contribution in [0.4, 0.5) is 5.13 Å². The van der Waals surface area contributed by atoms with Crippen LogP contribution in [0.25, 0.3) is 11.3 Å². The van der Waals surface area contributed by atoms with Crippen molar-refractivity contribution in [2.45, 2.75) is 19.3 Å². The van der Waals surface area contributed by atoms with E-state index in [-0.39, 0.29) is 11.8 Å². The van der Waals surface area contributed by atoms with Crippen molar-refractivity contribution >= 4 is 34.0 Å². The van der Waals surface area contributed by atoms with E-state index < -0.39 is 0 Å². The molecule has 1 heterocycles. The van der Waals surface area contributed by atoms with E-state index in [1.54, 1.807) is 0 Å². The molecule has 0 aliphatic heterocycles. The van der Waals surface area contributed by atoms with Crippen molar-refractivity contribution in [2.24, 2.45) is 5.92 Å². The molecule has 5 heteroatoms. The van der Waals surface area contributed by atoms with Gasteiger partial charge in [0.1, 0.15) is 0 Å². The molecule has 19 heavy (non-hydrogen) atoms. The molecule has 0 unspecified atom stereocenters. The number of nitrogens with one attached hydrogen (secondary N) is 1. The number of carbonyl (C=O) groups excluding carboxylic acids is 1. The number of nitrogens with zero attached hydrogens (tertiary/aromatic N) is 1. The molecular weight excluding hydrogens is 280 g/mol. The van der Waals surface area contributed by atoms with E-state index in [4.69, 9.17) is 11.6 Å². The van der Waals surface area contributed by atoms with Gasteiger partial charge in [-0.05, 0) is 25.0 Å². The summed E-state index contributed by atoms with van der Waals surface area (Å²) in [4.78, 5) is 16.3. The highest BCUT2D eigenvalue weighted by molar-refractivity contribution is 7.14. The number of halogens is 1. The van der Waals surface area contributed by atoms with E-state index in [1.165, 1.54) is 11.3 Å². The van der Waals surface area contributed by atoms with Crippen LogP contribution in [-0.2, 0) is 4.79 Å². The molecule has 1 aliphatic carbocycles. The number of benzene rings is 1. The van der Waals surface area contributed by atoms with Gasteiger partial charge in [-0.25, -0.2) is 4.98 Å². The summed E-state index contributed by atoms with van der Waals surface area (Å²) in [5.41, 5.74) is 1.87. The standard InChI is InChI=1S/C14H13ClN2OS/c15-11-6-4-9(5-7-11)12-8-19-14(16-12)17-13(18)10-2-1-3-10/h4-8,10H,1-3H2,(H,16,17,18). The molecule has 1 aromatic carbocycles. The van der Waals surface area contributed by atoms with Gasteiger partial charge < -0.3 is 5.32 Å². The molecule has 0 atom stereocenters. The van der Waals surface area contributed by atoms with E-state index in [1.807, 2.05) is 29.6 Å². The normalized spacial score (nSPS) is 15.0. The van der Waals surface area contributed by atoms with Gasteiger partial charge in [0.25, 0.3) is 0 Å². The van der Waals surface area contributed by atoms with Gasteiger partial charge in [0.05, 0.1) is 5.69 Å². The number of aromatic nitrogens is 1. The highest BCUT2D eigenvalue weighted by Crippen LogP contribution is 2.30. The first-order valence-corrected chi connectivity index (χ1v) is 7.50. The number of hydrogen-bond donors (Lipinski definition) is 1. The second-order valence-electron chi connectivity index (χ2n) is 4.66. The fourth-order valence-corrected chi connectivity index (χ4v) is 2.81. The number of anilines is 1. The molecule has 0 spiro atoms. The predicted octanol–water partition coefficient (Wildman–Crippen LogP) is 4.20. The number of rotatable bonds is 3. The Bertz CT molecular complexity index is 590. The minimum atomic E-state index is 0.100. The van der Waals surface area contributed by atoms with Crippen LogP contribution in [0.3, 0.4) is 0 Å². The smallest absolute Gasteiger partial charge is 0.229 e. The molecule has 0 radical (unpaired) electrons. The molecule has 1 amide bonds. The van der Waals surface area contributed by atoms with Gasteiger partial charge >= 0.3 is 0 Å². The Morgan fingerprint density at radius 1 is 1.32 bits per heavy atom. The Morgan fingerprint density at radius 3 is 2.68 bits per heavy atom. The Hall–Kier alpha value is -1.39. The van der Waals surface area contributed by atoms with Crippen LogP contribution in [-0.4, -0.2) is 10.9 Å². The summed E-state index contributed by atoms with van der Waals surface area (Å²) in [6.45, 7) is 0.